The Morgan fingerprint density at radius 2 is 2.09 bits per heavy atom. The number of aromatic nitrogens is 3. The van der Waals surface area contributed by atoms with Crippen molar-refractivity contribution in [2.24, 2.45) is 0 Å². The molecule has 1 aromatic rings. The molecule has 3 heterocycles. The maximum atomic E-state index is 11.8. The van der Waals surface area contributed by atoms with Crippen LogP contribution in [0.25, 0.3) is 0 Å². The van der Waals surface area contributed by atoms with Crippen molar-refractivity contribution in [2.75, 3.05) is 36.7 Å². The number of ether oxygens (including phenoxy) is 1. The van der Waals surface area contributed by atoms with Crippen LogP contribution >= 0.6 is 11.8 Å². The number of hydrogen-bond donors (Lipinski definition) is 0. The van der Waals surface area contributed by atoms with Crippen molar-refractivity contribution in [1.29, 1.82) is 0 Å². The third-order valence-electron chi connectivity index (χ3n) is 4.37. The van der Waals surface area contributed by atoms with E-state index in [-0.39, 0.29) is 17.5 Å². The average Bonchev–Trinajstić information content (AvgIpc) is 3.09. The lowest BCUT2D eigenvalue weighted by atomic mass is 9.99. The molecule has 6 nitrogen and oxygen atoms in total. The smallest absolute Gasteiger partial charge is 0.152 e. The first-order chi connectivity index (χ1) is 10.6. The minimum atomic E-state index is -2.92. The van der Waals surface area contributed by atoms with Crippen molar-refractivity contribution < 1.29 is 13.2 Å². The topological polar surface area (TPSA) is 74.1 Å². The standard InChI is InChI=1S/C14H23N3O3S2/c1-21-8-4-13-15-14(11-2-6-20-7-3-11)17(16-13)12-5-9-22(18,19)10-12/h11-12H,2-10H2,1H3. The quantitative estimate of drug-likeness (QED) is 0.804. The summed E-state index contributed by atoms with van der Waals surface area (Å²) in [6.45, 7) is 1.50. The Labute approximate surface area is 135 Å². The van der Waals surface area contributed by atoms with Crippen LogP contribution in [0.5, 0.6) is 0 Å². The molecular formula is C14H23N3O3S2. The highest BCUT2D eigenvalue weighted by Crippen LogP contribution is 2.31. The first-order valence-corrected chi connectivity index (χ1v) is 11.0. The molecule has 0 amide bonds. The second-order valence-corrected chi connectivity index (χ2v) is 9.23. The fourth-order valence-corrected chi connectivity index (χ4v) is 5.23. The van der Waals surface area contributed by atoms with Crippen LogP contribution in [0.1, 0.15) is 42.9 Å². The molecule has 0 radical (unpaired) electrons. The number of hydrogen-bond acceptors (Lipinski definition) is 6. The van der Waals surface area contributed by atoms with Gasteiger partial charge in [0, 0.05) is 31.3 Å². The van der Waals surface area contributed by atoms with Gasteiger partial charge in [-0.25, -0.2) is 18.1 Å². The van der Waals surface area contributed by atoms with Crippen LogP contribution in [0, 0.1) is 0 Å². The lowest BCUT2D eigenvalue weighted by Crippen LogP contribution is -2.22. The number of nitrogens with zero attached hydrogens (tertiary/aromatic N) is 3. The van der Waals surface area contributed by atoms with E-state index in [1.807, 2.05) is 4.68 Å². The third kappa shape index (κ3) is 3.65. The van der Waals surface area contributed by atoms with Crippen LogP contribution in [0.3, 0.4) is 0 Å². The molecule has 3 rings (SSSR count). The van der Waals surface area contributed by atoms with Crippen LogP contribution < -0.4 is 0 Å². The summed E-state index contributed by atoms with van der Waals surface area (Å²) in [4.78, 5) is 4.75. The van der Waals surface area contributed by atoms with Crippen molar-refractivity contribution in [3.63, 3.8) is 0 Å². The van der Waals surface area contributed by atoms with Crippen LogP contribution in [0.4, 0.5) is 0 Å². The third-order valence-corrected chi connectivity index (χ3v) is 6.73. The monoisotopic (exact) mass is 345 g/mol. The SMILES string of the molecule is CSCCc1nc(C2CCOCC2)n(C2CCS(=O)(=O)C2)n1. The molecule has 1 atom stereocenters. The van der Waals surface area contributed by atoms with Crippen molar-refractivity contribution in [1.82, 2.24) is 14.8 Å². The summed E-state index contributed by atoms with van der Waals surface area (Å²) >= 11 is 1.77. The average molecular weight is 345 g/mol. The lowest BCUT2D eigenvalue weighted by Gasteiger charge is -2.23. The predicted molar refractivity (Wildman–Crippen MR) is 87.2 cm³/mol. The van der Waals surface area contributed by atoms with Gasteiger partial charge in [-0.05, 0) is 25.5 Å². The minimum absolute atomic E-state index is 0.0432. The largest absolute Gasteiger partial charge is 0.381 e. The summed E-state index contributed by atoms with van der Waals surface area (Å²) < 4.78 is 31.0. The van der Waals surface area contributed by atoms with Crippen LogP contribution in [0.15, 0.2) is 0 Å². The molecule has 0 aliphatic carbocycles. The maximum absolute atomic E-state index is 11.8. The van der Waals surface area contributed by atoms with Gasteiger partial charge in [-0.15, -0.1) is 0 Å². The summed E-state index contributed by atoms with van der Waals surface area (Å²) in [5, 5.41) is 4.66. The normalized spacial score (nSPS) is 25.6. The molecule has 2 fully saturated rings. The summed E-state index contributed by atoms with van der Waals surface area (Å²) in [5.41, 5.74) is 0. The van der Waals surface area contributed by atoms with Gasteiger partial charge in [0.25, 0.3) is 0 Å². The Balaban J connectivity index is 1.86. The Hall–Kier alpha value is -0.600. The molecule has 0 saturated carbocycles. The molecule has 22 heavy (non-hydrogen) atoms. The summed E-state index contributed by atoms with van der Waals surface area (Å²) in [6.07, 6.45) is 5.45. The van der Waals surface area contributed by atoms with Crippen molar-refractivity contribution >= 4 is 21.6 Å². The molecule has 0 aromatic carbocycles. The highest BCUT2D eigenvalue weighted by atomic mass is 32.2. The van der Waals surface area contributed by atoms with E-state index in [2.05, 4.69) is 11.4 Å². The molecule has 1 aromatic heterocycles. The Bertz CT molecular complexity index is 609. The summed E-state index contributed by atoms with van der Waals surface area (Å²) in [5.74, 6) is 3.62. The number of rotatable bonds is 5. The van der Waals surface area contributed by atoms with Crippen molar-refractivity contribution in [3.05, 3.63) is 11.6 Å². The van der Waals surface area contributed by atoms with E-state index in [0.717, 1.165) is 49.9 Å². The lowest BCUT2D eigenvalue weighted by molar-refractivity contribution is 0.0822. The van der Waals surface area contributed by atoms with Gasteiger partial charge in [0.2, 0.25) is 0 Å². The van der Waals surface area contributed by atoms with E-state index < -0.39 is 9.84 Å². The van der Waals surface area contributed by atoms with Gasteiger partial charge in [-0.1, -0.05) is 0 Å². The van der Waals surface area contributed by atoms with Gasteiger partial charge in [0.15, 0.2) is 15.7 Å². The second kappa shape index (κ2) is 6.88. The van der Waals surface area contributed by atoms with Gasteiger partial charge in [0.05, 0.1) is 17.5 Å². The van der Waals surface area contributed by atoms with Crippen LogP contribution in [0.2, 0.25) is 0 Å². The van der Waals surface area contributed by atoms with Crippen LogP contribution in [-0.2, 0) is 21.0 Å². The Kier molecular flexibility index (Phi) is 5.09. The zero-order valence-electron chi connectivity index (χ0n) is 12.9. The van der Waals surface area contributed by atoms with E-state index in [1.54, 1.807) is 11.8 Å². The Morgan fingerprint density at radius 3 is 2.73 bits per heavy atom. The Morgan fingerprint density at radius 1 is 1.32 bits per heavy atom. The molecular weight excluding hydrogens is 322 g/mol. The second-order valence-electron chi connectivity index (χ2n) is 6.02. The van der Waals surface area contributed by atoms with E-state index in [4.69, 9.17) is 9.72 Å². The zero-order valence-corrected chi connectivity index (χ0v) is 14.5. The molecule has 8 heteroatoms. The van der Waals surface area contributed by atoms with Gasteiger partial charge in [-0.3, -0.25) is 0 Å². The van der Waals surface area contributed by atoms with Crippen molar-refractivity contribution in [2.45, 2.75) is 37.6 Å². The van der Waals surface area contributed by atoms with Gasteiger partial charge in [-0.2, -0.15) is 16.9 Å². The summed E-state index contributed by atoms with van der Waals surface area (Å²) in [7, 11) is -2.92. The van der Waals surface area contributed by atoms with E-state index >= 15 is 0 Å². The molecule has 2 saturated heterocycles. The molecule has 124 valence electrons. The first-order valence-electron chi connectivity index (χ1n) is 7.81. The molecule has 2 aliphatic rings. The van der Waals surface area contributed by atoms with Crippen LogP contribution in [-0.4, -0.2) is 59.9 Å². The predicted octanol–water partition coefficient (Wildman–Crippen LogP) is 1.44. The maximum Gasteiger partial charge on any atom is 0.152 e. The first kappa shape index (κ1) is 16.3. The van der Waals surface area contributed by atoms with E-state index in [1.165, 1.54) is 0 Å². The molecule has 0 spiro atoms. The van der Waals surface area contributed by atoms with E-state index in [9.17, 15) is 8.42 Å². The van der Waals surface area contributed by atoms with Gasteiger partial charge >= 0.3 is 0 Å². The number of thioether (sulfide) groups is 1. The minimum Gasteiger partial charge on any atom is -0.381 e. The summed E-state index contributed by atoms with van der Waals surface area (Å²) in [6, 6.07) is -0.0432. The van der Waals surface area contributed by atoms with Gasteiger partial charge in [0.1, 0.15) is 5.82 Å². The molecule has 0 N–H and O–H groups in total. The molecule has 1 unspecified atom stereocenters. The molecule has 2 aliphatic heterocycles. The zero-order chi connectivity index (χ0) is 15.6. The highest BCUT2D eigenvalue weighted by Gasteiger charge is 2.33. The fraction of sp³-hybridized carbons (Fsp3) is 0.857. The number of aryl methyl sites for hydroxylation is 1. The molecule has 0 bridgehead atoms. The highest BCUT2D eigenvalue weighted by molar-refractivity contribution is 7.98. The number of sulfone groups is 1. The van der Waals surface area contributed by atoms with Crippen molar-refractivity contribution in [3.8, 4) is 0 Å². The fourth-order valence-electron chi connectivity index (χ4n) is 3.15. The van der Waals surface area contributed by atoms with Gasteiger partial charge < -0.3 is 4.74 Å². The van der Waals surface area contributed by atoms with E-state index in [0.29, 0.717) is 12.3 Å².